The van der Waals surface area contributed by atoms with Crippen LogP contribution in [-0.4, -0.2) is 9.78 Å². The number of H-pyrrole nitrogens is 1. The van der Waals surface area contributed by atoms with Gasteiger partial charge in [0.2, 0.25) is 0 Å². The van der Waals surface area contributed by atoms with E-state index in [0.29, 0.717) is 0 Å². The van der Waals surface area contributed by atoms with Gasteiger partial charge in [0.25, 0.3) is 0 Å². The Balaban J connectivity index is 2.52. The molecule has 1 heterocycles. The van der Waals surface area contributed by atoms with Crippen molar-refractivity contribution in [1.82, 2.24) is 9.78 Å². The molecule has 2 rings (SSSR count). The van der Waals surface area contributed by atoms with Crippen LogP contribution in [0.4, 0.5) is 0 Å². The topological polar surface area (TPSA) is 20.7 Å². The number of aryl methyl sites for hydroxylation is 3. The molecule has 3 heteroatoms. The van der Waals surface area contributed by atoms with Crippen LogP contribution in [0.2, 0.25) is 0 Å². The van der Waals surface area contributed by atoms with E-state index in [0.717, 1.165) is 23.2 Å². The lowest BCUT2D eigenvalue weighted by molar-refractivity contribution is 0.798. The molecule has 2 aromatic rings. The molecule has 0 bridgehead atoms. The van der Waals surface area contributed by atoms with Gasteiger partial charge in [-0.1, -0.05) is 37.7 Å². The lowest BCUT2D eigenvalue weighted by Crippen LogP contribution is -2.00. The zero-order valence-corrected chi connectivity index (χ0v) is 11.4. The van der Waals surface area contributed by atoms with Crippen molar-refractivity contribution in [1.29, 1.82) is 0 Å². The molecular formula is C14H18N2S. The number of nitrogens with one attached hydrogen (secondary N) is 1. The molecule has 1 aromatic heterocycles. The number of benzene rings is 1. The van der Waals surface area contributed by atoms with E-state index in [1.807, 2.05) is 4.68 Å². The van der Waals surface area contributed by atoms with Gasteiger partial charge in [-0.15, -0.1) is 0 Å². The first-order valence-corrected chi connectivity index (χ1v) is 6.41. The van der Waals surface area contributed by atoms with E-state index >= 15 is 0 Å². The molecule has 0 unspecified atom stereocenters. The molecule has 0 atom stereocenters. The Labute approximate surface area is 107 Å². The van der Waals surface area contributed by atoms with Gasteiger partial charge in [0.15, 0.2) is 0 Å². The van der Waals surface area contributed by atoms with E-state index in [9.17, 15) is 0 Å². The number of aromatic amines is 1. The second kappa shape index (κ2) is 4.88. The Morgan fingerprint density at radius 3 is 2.71 bits per heavy atom. The summed E-state index contributed by atoms with van der Waals surface area (Å²) in [6.45, 7) is 6.38. The molecule has 0 aliphatic heterocycles. The van der Waals surface area contributed by atoms with Gasteiger partial charge < -0.3 is 0 Å². The summed E-state index contributed by atoms with van der Waals surface area (Å²) in [5.41, 5.74) is 4.84. The summed E-state index contributed by atoms with van der Waals surface area (Å²) in [6, 6.07) is 8.48. The van der Waals surface area contributed by atoms with Crippen molar-refractivity contribution in [2.75, 3.05) is 0 Å². The van der Waals surface area contributed by atoms with Crippen LogP contribution in [0.1, 0.15) is 30.2 Å². The SMILES string of the molecule is CCCc1cc(=S)n(-c2cc(C)ccc2C)[nH]1. The molecular weight excluding hydrogens is 228 g/mol. The molecule has 0 fully saturated rings. The molecule has 0 saturated carbocycles. The normalized spacial score (nSPS) is 10.8. The highest BCUT2D eigenvalue weighted by Gasteiger charge is 2.05. The quantitative estimate of drug-likeness (QED) is 0.808. The van der Waals surface area contributed by atoms with E-state index in [-0.39, 0.29) is 0 Å². The molecule has 0 spiro atoms. The van der Waals surface area contributed by atoms with Crippen molar-refractivity contribution in [2.24, 2.45) is 0 Å². The first-order chi connectivity index (χ1) is 8.11. The van der Waals surface area contributed by atoms with E-state index in [1.165, 1.54) is 16.8 Å². The second-order valence-electron chi connectivity index (χ2n) is 4.49. The summed E-state index contributed by atoms with van der Waals surface area (Å²) in [5.74, 6) is 0. The zero-order valence-electron chi connectivity index (χ0n) is 10.6. The number of nitrogens with zero attached hydrogens (tertiary/aromatic N) is 1. The smallest absolute Gasteiger partial charge is 0.127 e. The Bertz CT molecular complexity index is 578. The van der Waals surface area contributed by atoms with Crippen LogP contribution in [0.25, 0.3) is 5.69 Å². The number of aromatic nitrogens is 2. The van der Waals surface area contributed by atoms with Crippen LogP contribution in [0.3, 0.4) is 0 Å². The Hall–Kier alpha value is -1.35. The Morgan fingerprint density at radius 2 is 2.00 bits per heavy atom. The van der Waals surface area contributed by atoms with Gasteiger partial charge >= 0.3 is 0 Å². The number of hydrogen-bond acceptors (Lipinski definition) is 1. The highest BCUT2D eigenvalue weighted by Crippen LogP contribution is 2.17. The van der Waals surface area contributed by atoms with Gasteiger partial charge in [0.05, 0.1) is 5.69 Å². The third kappa shape index (κ3) is 2.50. The fourth-order valence-corrected chi connectivity index (χ4v) is 2.27. The lowest BCUT2D eigenvalue weighted by Gasteiger charge is -2.08. The number of hydrogen-bond donors (Lipinski definition) is 1. The van der Waals surface area contributed by atoms with Gasteiger partial charge in [-0.3, -0.25) is 5.10 Å². The summed E-state index contributed by atoms with van der Waals surface area (Å²) >= 11 is 5.40. The van der Waals surface area contributed by atoms with Crippen molar-refractivity contribution in [3.63, 3.8) is 0 Å². The molecule has 2 nitrogen and oxygen atoms in total. The predicted octanol–water partition coefficient (Wildman–Crippen LogP) is 4.10. The summed E-state index contributed by atoms with van der Waals surface area (Å²) < 4.78 is 2.85. The van der Waals surface area contributed by atoms with Gasteiger partial charge in [0.1, 0.15) is 4.64 Å². The lowest BCUT2D eigenvalue weighted by atomic mass is 10.1. The maximum Gasteiger partial charge on any atom is 0.127 e. The van der Waals surface area contributed by atoms with Gasteiger partial charge in [-0.2, -0.15) is 0 Å². The van der Waals surface area contributed by atoms with E-state index in [2.05, 4.69) is 50.1 Å². The first-order valence-electron chi connectivity index (χ1n) is 6.00. The molecule has 0 amide bonds. The van der Waals surface area contributed by atoms with Crippen molar-refractivity contribution in [3.05, 3.63) is 45.7 Å². The highest BCUT2D eigenvalue weighted by molar-refractivity contribution is 7.71. The largest absolute Gasteiger partial charge is 0.297 e. The second-order valence-corrected chi connectivity index (χ2v) is 4.91. The molecule has 1 N–H and O–H groups in total. The Morgan fingerprint density at radius 1 is 1.24 bits per heavy atom. The van der Waals surface area contributed by atoms with E-state index < -0.39 is 0 Å². The van der Waals surface area contributed by atoms with Gasteiger partial charge in [-0.05, 0) is 43.5 Å². The molecule has 0 aliphatic rings. The summed E-state index contributed by atoms with van der Waals surface area (Å²) in [4.78, 5) is 0. The minimum absolute atomic E-state index is 0.849. The van der Waals surface area contributed by atoms with Crippen molar-refractivity contribution < 1.29 is 0 Å². The summed E-state index contributed by atoms with van der Waals surface area (Å²) in [7, 11) is 0. The summed E-state index contributed by atoms with van der Waals surface area (Å²) in [5, 5.41) is 3.38. The molecule has 0 saturated heterocycles. The third-order valence-electron chi connectivity index (χ3n) is 2.90. The predicted molar refractivity (Wildman–Crippen MR) is 74.4 cm³/mol. The van der Waals surface area contributed by atoms with Gasteiger partial charge in [-0.25, -0.2) is 4.68 Å². The minimum Gasteiger partial charge on any atom is -0.297 e. The van der Waals surface area contributed by atoms with E-state index in [1.54, 1.807) is 0 Å². The maximum absolute atomic E-state index is 5.40. The summed E-state index contributed by atoms with van der Waals surface area (Å²) in [6.07, 6.45) is 2.17. The molecule has 0 aliphatic carbocycles. The van der Waals surface area contributed by atoms with Gasteiger partial charge in [0, 0.05) is 5.69 Å². The van der Waals surface area contributed by atoms with E-state index in [4.69, 9.17) is 12.2 Å². The third-order valence-corrected chi connectivity index (χ3v) is 3.20. The van der Waals surface area contributed by atoms with Crippen molar-refractivity contribution >= 4 is 12.2 Å². The van der Waals surface area contributed by atoms with Crippen molar-refractivity contribution in [3.8, 4) is 5.69 Å². The molecule has 1 aromatic carbocycles. The highest BCUT2D eigenvalue weighted by atomic mass is 32.1. The van der Waals surface area contributed by atoms with Crippen LogP contribution in [0.5, 0.6) is 0 Å². The number of rotatable bonds is 3. The van der Waals surface area contributed by atoms with Crippen LogP contribution in [0, 0.1) is 18.5 Å². The standard InChI is InChI=1S/C14H18N2S/c1-4-5-12-9-14(17)16(15-12)13-8-10(2)6-7-11(13)3/h6-9,15H,4-5H2,1-3H3. The maximum atomic E-state index is 5.40. The molecule has 0 radical (unpaired) electrons. The average molecular weight is 246 g/mol. The first kappa shape index (κ1) is 12.1. The minimum atomic E-state index is 0.849. The van der Waals surface area contributed by atoms with Crippen LogP contribution >= 0.6 is 12.2 Å². The fourth-order valence-electron chi connectivity index (χ4n) is 1.98. The monoisotopic (exact) mass is 246 g/mol. The van der Waals surface area contributed by atoms with Crippen LogP contribution < -0.4 is 0 Å². The van der Waals surface area contributed by atoms with Crippen LogP contribution in [0.15, 0.2) is 24.3 Å². The van der Waals surface area contributed by atoms with Crippen LogP contribution in [-0.2, 0) is 6.42 Å². The Kier molecular flexibility index (Phi) is 3.48. The van der Waals surface area contributed by atoms with Crippen molar-refractivity contribution in [2.45, 2.75) is 33.6 Å². The molecule has 17 heavy (non-hydrogen) atoms. The average Bonchev–Trinajstić information content (AvgIpc) is 2.64. The molecule has 90 valence electrons. The fraction of sp³-hybridized carbons (Fsp3) is 0.357. The zero-order chi connectivity index (χ0) is 12.4.